The number of carboxylic acid groups (broad SMARTS) is 2. The Labute approximate surface area is 192 Å². The molecule has 0 bridgehead atoms. The van der Waals surface area contributed by atoms with E-state index in [4.69, 9.17) is 17.3 Å². The van der Waals surface area contributed by atoms with Gasteiger partial charge in [-0.15, -0.1) is 6.42 Å². The number of hydrogen-bond acceptors (Lipinski definition) is 7. The van der Waals surface area contributed by atoms with Crippen molar-refractivity contribution in [2.75, 3.05) is 17.2 Å². The largest absolute Gasteiger partial charge is 0.481 e. The molecule has 0 aliphatic heterocycles. The minimum absolute atomic E-state index is 0.00616. The van der Waals surface area contributed by atoms with Crippen molar-refractivity contribution >= 4 is 40.5 Å². The number of carbonyl (C=O) groups excluding carboxylic acids is 1. The molecule has 2 heterocycles. The maximum Gasteiger partial charge on any atom is 0.326 e. The lowest BCUT2D eigenvalue weighted by atomic mass is 10.1. The number of nitrogen functional groups attached to an aromatic ring is 1. The molecule has 0 unspecified atom stereocenters. The average Bonchev–Trinajstić information content (AvgIpc) is 3.18. The lowest BCUT2D eigenvalue weighted by Gasteiger charge is -2.22. The molecular weight excluding hydrogens is 444 g/mol. The summed E-state index contributed by atoms with van der Waals surface area (Å²) in [5.41, 5.74) is 7.02. The fraction of sp³-hybridized carbons (Fsp3) is 0.227. The first-order valence-electron chi connectivity index (χ1n) is 10.1. The van der Waals surface area contributed by atoms with E-state index in [9.17, 15) is 24.3 Å². The third-order valence-electron chi connectivity index (χ3n) is 5.03. The van der Waals surface area contributed by atoms with E-state index in [2.05, 4.69) is 26.2 Å². The SMILES string of the molecule is C#CCN(Cc1c[nH]c2nc(N)[nH]c(=O)c12)c1ccc(C(=O)N[C@@H](CCC(=O)O)C(=O)O)cc1. The molecule has 7 N–H and O–H groups in total. The highest BCUT2D eigenvalue weighted by molar-refractivity contribution is 5.97. The number of nitrogens with one attached hydrogen (secondary N) is 3. The lowest BCUT2D eigenvalue weighted by Crippen LogP contribution is -2.41. The van der Waals surface area contributed by atoms with Crippen LogP contribution >= 0.6 is 0 Å². The van der Waals surface area contributed by atoms with Gasteiger partial charge in [0.1, 0.15) is 11.7 Å². The van der Waals surface area contributed by atoms with E-state index in [1.807, 2.05) is 0 Å². The van der Waals surface area contributed by atoms with Gasteiger partial charge in [0.25, 0.3) is 11.5 Å². The predicted octanol–water partition coefficient (Wildman–Crippen LogP) is 0.521. The van der Waals surface area contributed by atoms with Crippen LogP contribution in [-0.2, 0) is 16.1 Å². The number of nitrogens with zero attached hydrogens (tertiary/aromatic N) is 2. The number of nitrogens with two attached hydrogens (primary N) is 1. The van der Waals surface area contributed by atoms with Gasteiger partial charge in [-0.25, -0.2) is 4.79 Å². The molecule has 0 aliphatic carbocycles. The maximum absolute atomic E-state index is 12.5. The lowest BCUT2D eigenvalue weighted by molar-refractivity contribution is -0.140. The average molecular weight is 466 g/mol. The molecule has 176 valence electrons. The Morgan fingerprint density at radius 1 is 1.24 bits per heavy atom. The van der Waals surface area contributed by atoms with Crippen LogP contribution in [-0.4, -0.2) is 55.6 Å². The molecule has 0 saturated heterocycles. The highest BCUT2D eigenvalue weighted by Crippen LogP contribution is 2.21. The van der Waals surface area contributed by atoms with Crippen LogP contribution in [0, 0.1) is 12.3 Å². The van der Waals surface area contributed by atoms with Crippen LogP contribution in [0.15, 0.2) is 35.3 Å². The molecular formula is C22H22N6O6. The van der Waals surface area contributed by atoms with Gasteiger partial charge in [-0.05, 0) is 30.7 Å². The summed E-state index contributed by atoms with van der Waals surface area (Å²) in [5, 5.41) is 20.6. The second-order valence-electron chi connectivity index (χ2n) is 7.39. The minimum Gasteiger partial charge on any atom is -0.481 e. The van der Waals surface area contributed by atoms with Crippen molar-refractivity contribution in [2.45, 2.75) is 25.4 Å². The van der Waals surface area contributed by atoms with Crippen LogP contribution in [0.3, 0.4) is 0 Å². The number of carbonyl (C=O) groups is 3. The van der Waals surface area contributed by atoms with Crippen LogP contribution < -0.4 is 21.5 Å². The number of amides is 1. The minimum atomic E-state index is -1.33. The summed E-state index contributed by atoms with van der Waals surface area (Å²) < 4.78 is 0. The second-order valence-corrected chi connectivity index (χ2v) is 7.39. The van der Waals surface area contributed by atoms with E-state index in [-0.39, 0.29) is 36.6 Å². The molecule has 0 aliphatic rings. The number of hydrogen-bond donors (Lipinski definition) is 6. The monoisotopic (exact) mass is 466 g/mol. The van der Waals surface area contributed by atoms with E-state index in [0.717, 1.165) is 0 Å². The molecule has 0 fully saturated rings. The standard InChI is InChI=1S/C22H22N6O6/c1-2-9-28(11-13-10-24-18-17(13)20(32)27-22(23)26-18)14-5-3-12(4-6-14)19(31)25-15(21(33)34)7-8-16(29)30/h1,3-6,10,15H,7-9,11H2,(H,25,31)(H,29,30)(H,33,34)(H4,23,24,26,27,32)/t15-/m0/s1. The van der Waals surface area contributed by atoms with Gasteiger partial charge in [-0.1, -0.05) is 5.92 Å². The summed E-state index contributed by atoms with van der Waals surface area (Å²) in [4.78, 5) is 58.0. The van der Waals surface area contributed by atoms with Crippen molar-refractivity contribution < 1.29 is 24.6 Å². The Balaban J connectivity index is 1.78. The number of aromatic amines is 2. The zero-order chi connectivity index (χ0) is 24.8. The quantitative estimate of drug-likeness (QED) is 0.231. The molecule has 1 amide bonds. The van der Waals surface area contributed by atoms with Crippen LogP contribution in [0.4, 0.5) is 11.6 Å². The number of aliphatic carboxylic acids is 2. The molecule has 12 nitrogen and oxygen atoms in total. The fourth-order valence-corrected chi connectivity index (χ4v) is 3.39. The summed E-state index contributed by atoms with van der Waals surface area (Å²) in [6.45, 7) is 0.468. The molecule has 3 aromatic rings. The van der Waals surface area contributed by atoms with Crippen molar-refractivity contribution in [3.8, 4) is 12.3 Å². The van der Waals surface area contributed by atoms with Gasteiger partial charge in [-0.3, -0.25) is 19.4 Å². The molecule has 0 saturated carbocycles. The van der Waals surface area contributed by atoms with E-state index in [1.54, 1.807) is 23.2 Å². The Morgan fingerprint density at radius 2 is 1.94 bits per heavy atom. The molecule has 12 heteroatoms. The van der Waals surface area contributed by atoms with Gasteiger partial charge < -0.3 is 31.1 Å². The first-order valence-corrected chi connectivity index (χ1v) is 10.1. The number of rotatable bonds is 10. The second kappa shape index (κ2) is 10.2. The van der Waals surface area contributed by atoms with Crippen LogP contribution in [0.2, 0.25) is 0 Å². The zero-order valence-corrected chi connectivity index (χ0v) is 17.9. The number of aromatic nitrogens is 3. The zero-order valence-electron chi connectivity index (χ0n) is 17.9. The van der Waals surface area contributed by atoms with Crippen molar-refractivity contribution in [2.24, 2.45) is 0 Å². The molecule has 0 radical (unpaired) electrons. The van der Waals surface area contributed by atoms with E-state index >= 15 is 0 Å². The number of benzene rings is 1. The summed E-state index contributed by atoms with van der Waals surface area (Å²) in [7, 11) is 0. The van der Waals surface area contributed by atoms with Crippen molar-refractivity contribution in [3.05, 3.63) is 51.9 Å². The fourth-order valence-electron chi connectivity index (χ4n) is 3.39. The third-order valence-corrected chi connectivity index (χ3v) is 5.03. The van der Waals surface area contributed by atoms with Gasteiger partial charge in [0, 0.05) is 36.0 Å². The van der Waals surface area contributed by atoms with Crippen LogP contribution in [0.5, 0.6) is 0 Å². The van der Waals surface area contributed by atoms with E-state index < -0.39 is 30.3 Å². The molecule has 0 spiro atoms. The molecule has 1 atom stereocenters. The number of carboxylic acids is 2. The van der Waals surface area contributed by atoms with E-state index in [1.165, 1.54) is 12.1 Å². The van der Waals surface area contributed by atoms with Crippen LogP contribution in [0.25, 0.3) is 11.0 Å². The Kier molecular flexibility index (Phi) is 7.17. The summed E-state index contributed by atoms with van der Waals surface area (Å²) >= 11 is 0. The van der Waals surface area contributed by atoms with Crippen LogP contribution in [0.1, 0.15) is 28.8 Å². The number of fused-ring (bicyclic) bond motifs is 1. The van der Waals surface area contributed by atoms with Crippen molar-refractivity contribution in [1.29, 1.82) is 0 Å². The molecule has 34 heavy (non-hydrogen) atoms. The topological polar surface area (TPSA) is 194 Å². The highest BCUT2D eigenvalue weighted by atomic mass is 16.4. The third kappa shape index (κ3) is 5.52. The van der Waals surface area contributed by atoms with Crippen molar-refractivity contribution in [1.82, 2.24) is 20.3 Å². The first kappa shape index (κ1) is 23.9. The predicted molar refractivity (Wildman–Crippen MR) is 123 cm³/mol. The highest BCUT2D eigenvalue weighted by Gasteiger charge is 2.22. The van der Waals surface area contributed by atoms with Gasteiger partial charge in [0.15, 0.2) is 0 Å². The maximum atomic E-state index is 12.5. The van der Waals surface area contributed by atoms with Crippen molar-refractivity contribution in [3.63, 3.8) is 0 Å². The van der Waals surface area contributed by atoms with Gasteiger partial charge >= 0.3 is 11.9 Å². The van der Waals surface area contributed by atoms with Gasteiger partial charge in [0.05, 0.1) is 11.9 Å². The Hall–Kier alpha value is -4.79. The Bertz CT molecular complexity index is 1320. The molecule has 2 aromatic heterocycles. The normalized spacial score (nSPS) is 11.5. The van der Waals surface area contributed by atoms with Gasteiger partial charge in [-0.2, -0.15) is 4.98 Å². The summed E-state index contributed by atoms with van der Waals surface area (Å²) in [6, 6.07) is 4.93. The number of terminal acetylenes is 1. The Morgan fingerprint density at radius 3 is 2.56 bits per heavy atom. The summed E-state index contributed by atoms with van der Waals surface area (Å²) in [5.74, 6) is -0.588. The van der Waals surface area contributed by atoms with Gasteiger partial charge in [0.2, 0.25) is 5.95 Å². The first-order chi connectivity index (χ1) is 16.2. The smallest absolute Gasteiger partial charge is 0.326 e. The van der Waals surface area contributed by atoms with E-state index in [0.29, 0.717) is 22.3 Å². The number of H-pyrrole nitrogens is 2. The molecule has 1 aromatic carbocycles. The summed E-state index contributed by atoms with van der Waals surface area (Å²) in [6.07, 6.45) is 6.52. The number of anilines is 2. The molecule has 3 rings (SSSR count).